The summed E-state index contributed by atoms with van der Waals surface area (Å²) in [4.78, 5) is 4.55. The van der Waals surface area contributed by atoms with E-state index < -0.39 is 0 Å². The molecule has 0 aliphatic rings. The van der Waals surface area contributed by atoms with Gasteiger partial charge in [-0.05, 0) is 25.1 Å². The first-order chi connectivity index (χ1) is 7.90. The Morgan fingerprint density at radius 1 is 1.38 bits per heavy atom. The van der Waals surface area contributed by atoms with Gasteiger partial charge in [0.25, 0.3) is 0 Å². The lowest BCUT2D eigenvalue weighted by atomic mass is 10.3. The lowest BCUT2D eigenvalue weighted by Crippen LogP contribution is -2.14. The van der Waals surface area contributed by atoms with Gasteiger partial charge in [-0.25, -0.2) is 4.98 Å². The maximum atomic E-state index is 5.18. The topological polar surface area (TPSA) is 24.9 Å². The van der Waals surface area contributed by atoms with Gasteiger partial charge >= 0.3 is 0 Å². The average Bonchev–Trinajstić information content (AvgIpc) is 2.71. The van der Waals surface area contributed by atoms with Gasteiger partial charge in [0.2, 0.25) is 0 Å². The van der Waals surface area contributed by atoms with E-state index in [1.165, 1.54) is 4.70 Å². The summed E-state index contributed by atoms with van der Waals surface area (Å²) in [5.41, 5.74) is 1.09. The van der Waals surface area contributed by atoms with E-state index in [0.29, 0.717) is 0 Å². The molecule has 0 unspecified atom stereocenters. The molecule has 2 nitrogen and oxygen atoms in total. The zero-order chi connectivity index (χ0) is 11.2. The van der Waals surface area contributed by atoms with Crippen molar-refractivity contribution in [3.63, 3.8) is 0 Å². The largest absolute Gasteiger partial charge is 0.310 e. The Kier molecular flexibility index (Phi) is 3.92. The van der Waals surface area contributed by atoms with Crippen molar-refractivity contribution in [2.24, 2.45) is 0 Å². The van der Waals surface area contributed by atoms with Crippen molar-refractivity contribution in [2.45, 2.75) is 19.4 Å². The monoisotopic (exact) mass is 230 g/mol. The number of terminal acetylenes is 1. The number of aromatic nitrogens is 1. The molecule has 1 heterocycles. The molecule has 0 bridgehead atoms. The molecule has 1 aromatic carbocycles. The highest BCUT2D eigenvalue weighted by molar-refractivity contribution is 7.18. The molecular weight excluding hydrogens is 216 g/mol. The molecule has 16 heavy (non-hydrogen) atoms. The fraction of sp³-hybridized carbons (Fsp3) is 0.308. The summed E-state index contributed by atoms with van der Waals surface area (Å²) in [6, 6.07) is 8.22. The molecule has 82 valence electrons. The standard InChI is InChI=1S/C13H14N2S/c1-2-3-6-9-14-10-13-15-11-7-4-5-8-12(11)16-13/h1,4-5,7-8,14H,3,6,9-10H2. The summed E-state index contributed by atoms with van der Waals surface area (Å²) >= 11 is 1.75. The molecule has 3 heteroatoms. The van der Waals surface area contributed by atoms with Crippen molar-refractivity contribution >= 4 is 21.6 Å². The molecule has 0 fully saturated rings. The van der Waals surface area contributed by atoms with Crippen molar-refractivity contribution < 1.29 is 0 Å². The Hall–Kier alpha value is -1.37. The first-order valence-corrected chi connectivity index (χ1v) is 6.20. The van der Waals surface area contributed by atoms with Crippen molar-refractivity contribution in [1.29, 1.82) is 0 Å². The van der Waals surface area contributed by atoms with E-state index in [-0.39, 0.29) is 0 Å². The normalized spacial score (nSPS) is 10.4. The van der Waals surface area contributed by atoms with Gasteiger partial charge in [0.1, 0.15) is 5.01 Å². The second-order valence-electron chi connectivity index (χ2n) is 3.56. The highest BCUT2D eigenvalue weighted by atomic mass is 32.1. The van der Waals surface area contributed by atoms with Crippen LogP contribution in [0.4, 0.5) is 0 Å². The van der Waals surface area contributed by atoms with Crippen LogP contribution in [0.3, 0.4) is 0 Å². The lowest BCUT2D eigenvalue weighted by Gasteiger charge is -1.98. The van der Waals surface area contributed by atoms with E-state index >= 15 is 0 Å². The van der Waals surface area contributed by atoms with E-state index in [2.05, 4.69) is 22.3 Å². The molecule has 0 radical (unpaired) electrons. The molecule has 0 aliphatic heterocycles. The van der Waals surface area contributed by atoms with Crippen molar-refractivity contribution in [2.75, 3.05) is 6.54 Å². The zero-order valence-electron chi connectivity index (χ0n) is 9.07. The van der Waals surface area contributed by atoms with Gasteiger partial charge in [-0.15, -0.1) is 23.7 Å². The van der Waals surface area contributed by atoms with Crippen LogP contribution in [0, 0.1) is 12.3 Å². The van der Waals surface area contributed by atoms with Crippen LogP contribution in [-0.4, -0.2) is 11.5 Å². The molecule has 0 spiro atoms. The molecule has 2 rings (SSSR count). The molecule has 2 aromatic rings. The van der Waals surface area contributed by atoms with Crippen LogP contribution in [0.2, 0.25) is 0 Å². The van der Waals surface area contributed by atoms with Crippen molar-refractivity contribution in [3.8, 4) is 12.3 Å². The number of unbranched alkanes of at least 4 members (excludes halogenated alkanes) is 1. The molecule has 0 saturated heterocycles. The summed E-state index contributed by atoms with van der Waals surface area (Å²) < 4.78 is 1.25. The number of rotatable bonds is 5. The molecule has 0 aliphatic carbocycles. The SMILES string of the molecule is C#CCCCNCc1nc2ccccc2s1. The first kappa shape index (κ1) is 11.1. The van der Waals surface area contributed by atoms with Crippen molar-refractivity contribution in [1.82, 2.24) is 10.3 Å². The van der Waals surface area contributed by atoms with Gasteiger partial charge in [0.15, 0.2) is 0 Å². The smallest absolute Gasteiger partial charge is 0.108 e. The Balaban J connectivity index is 1.88. The Labute approximate surface area is 99.7 Å². The van der Waals surface area contributed by atoms with E-state index in [0.717, 1.165) is 36.5 Å². The Bertz CT molecular complexity index is 463. The highest BCUT2D eigenvalue weighted by Crippen LogP contribution is 2.21. The predicted molar refractivity (Wildman–Crippen MR) is 69.4 cm³/mol. The summed E-state index contributed by atoms with van der Waals surface area (Å²) in [7, 11) is 0. The summed E-state index contributed by atoms with van der Waals surface area (Å²) in [6.07, 6.45) is 7.05. The zero-order valence-corrected chi connectivity index (χ0v) is 9.89. The minimum absolute atomic E-state index is 0.837. The lowest BCUT2D eigenvalue weighted by molar-refractivity contribution is 0.657. The quantitative estimate of drug-likeness (QED) is 0.631. The molecule has 0 amide bonds. The number of hydrogen-bond donors (Lipinski definition) is 1. The summed E-state index contributed by atoms with van der Waals surface area (Å²) in [5.74, 6) is 2.63. The van der Waals surface area contributed by atoms with Crippen LogP contribution < -0.4 is 5.32 Å². The maximum absolute atomic E-state index is 5.18. The summed E-state index contributed by atoms with van der Waals surface area (Å²) in [5, 5.41) is 4.49. The first-order valence-electron chi connectivity index (χ1n) is 5.39. The van der Waals surface area contributed by atoms with Crippen molar-refractivity contribution in [3.05, 3.63) is 29.3 Å². The Morgan fingerprint density at radius 3 is 3.06 bits per heavy atom. The van der Waals surface area contributed by atoms with E-state index in [9.17, 15) is 0 Å². The number of para-hydroxylation sites is 1. The van der Waals surface area contributed by atoms with Gasteiger partial charge in [0.05, 0.1) is 10.2 Å². The number of nitrogens with zero attached hydrogens (tertiary/aromatic N) is 1. The minimum Gasteiger partial charge on any atom is -0.310 e. The van der Waals surface area contributed by atoms with Gasteiger partial charge in [-0.1, -0.05) is 12.1 Å². The van der Waals surface area contributed by atoms with Crippen LogP contribution in [-0.2, 0) is 6.54 Å². The third kappa shape index (κ3) is 2.82. The van der Waals surface area contributed by atoms with Crippen LogP contribution in [0.25, 0.3) is 10.2 Å². The van der Waals surface area contributed by atoms with Crippen LogP contribution in [0.5, 0.6) is 0 Å². The number of thiazole rings is 1. The third-order valence-corrected chi connectivity index (χ3v) is 3.33. The van der Waals surface area contributed by atoms with Crippen LogP contribution in [0.1, 0.15) is 17.8 Å². The third-order valence-electron chi connectivity index (χ3n) is 2.29. The molecule has 1 N–H and O–H groups in total. The second-order valence-corrected chi connectivity index (χ2v) is 4.67. The number of fused-ring (bicyclic) bond motifs is 1. The van der Waals surface area contributed by atoms with E-state index in [1.807, 2.05) is 18.2 Å². The molecule has 0 saturated carbocycles. The van der Waals surface area contributed by atoms with Gasteiger partial charge in [-0.3, -0.25) is 0 Å². The fourth-order valence-corrected chi connectivity index (χ4v) is 2.44. The molecular formula is C13H14N2S. The maximum Gasteiger partial charge on any atom is 0.108 e. The van der Waals surface area contributed by atoms with Gasteiger partial charge in [0, 0.05) is 13.0 Å². The summed E-state index contributed by atoms with van der Waals surface area (Å²) in [6.45, 7) is 1.80. The fourth-order valence-electron chi connectivity index (χ4n) is 1.51. The minimum atomic E-state index is 0.837. The number of benzene rings is 1. The Morgan fingerprint density at radius 2 is 2.25 bits per heavy atom. The average molecular weight is 230 g/mol. The van der Waals surface area contributed by atoms with Gasteiger partial charge < -0.3 is 5.32 Å². The molecule has 1 aromatic heterocycles. The van der Waals surface area contributed by atoms with Gasteiger partial charge in [-0.2, -0.15) is 0 Å². The van der Waals surface area contributed by atoms with Crippen LogP contribution in [0.15, 0.2) is 24.3 Å². The predicted octanol–water partition coefficient (Wildman–Crippen LogP) is 2.80. The highest BCUT2D eigenvalue weighted by Gasteiger charge is 2.01. The van der Waals surface area contributed by atoms with Crippen LogP contribution >= 0.6 is 11.3 Å². The van der Waals surface area contributed by atoms with E-state index in [1.54, 1.807) is 11.3 Å². The number of nitrogens with one attached hydrogen (secondary N) is 1. The second kappa shape index (κ2) is 5.64. The number of hydrogen-bond acceptors (Lipinski definition) is 3. The van der Waals surface area contributed by atoms with E-state index in [4.69, 9.17) is 6.42 Å². The molecule has 0 atom stereocenters.